The molecule has 3 saturated heterocycles. The highest BCUT2D eigenvalue weighted by molar-refractivity contribution is 6.23. The second-order valence-corrected chi connectivity index (χ2v) is 21.1. The fourth-order valence-electron chi connectivity index (χ4n) is 11.6. The molecule has 0 spiro atoms. The Balaban J connectivity index is 0.749. The molecule has 4 fully saturated rings. The van der Waals surface area contributed by atoms with E-state index in [1.165, 1.54) is 13.0 Å². The van der Waals surface area contributed by atoms with Crippen LogP contribution >= 0.6 is 0 Å². The highest BCUT2D eigenvalue weighted by atomic mass is 19.1. The fourth-order valence-corrected chi connectivity index (χ4v) is 11.6. The van der Waals surface area contributed by atoms with Gasteiger partial charge in [-0.1, -0.05) is 44.0 Å². The molecule has 2 atom stereocenters. The summed E-state index contributed by atoms with van der Waals surface area (Å²) in [6.45, 7) is 15.0. The number of Topliss-reactive ketones (excluding diaryl/α,β-unsaturated/α-hetero) is 2. The summed E-state index contributed by atoms with van der Waals surface area (Å²) in [6, 6.07) is 12.9. The smallest absolute Gasteiger partial charge is 0.319 e. The first kappa shape index (κ1) is 49.2. The second kappa shape index (κ2) is 20.6. The predicted molar refractivity (Wildman–Crippen MR) is 274 cm³/mol. The van der Waals surface area contributed by atoms with Crippen molar-refractivity contribution >= 4 is 56.6 Å². The first-order valence-corrected chi connectivity index (χ1v) is 26.0. The van der Waals surface area contributed by atoms with Crippen LogP contribution in [-0.4, -0.2) is 131 Å². The minimum absolute atomic E-state index is 0.0279. The maximum atomic E-state index is 17.0. The molecule has 6 heterocycles. The molecule has 5 aliphatic rings. The van der Waals surface area contributed by atoms with Gasteiger partial charge in [0.1, 0.15) is 28.6 Å². The molecule has 5 aromatic rings. The summed E-state index contributed by atoms with van der Waals surface area (Å²) >= 11 is 0. The fraction of sp³-hybridized carbons (Fsp3) is 0.491. The molecule has 0 radical (unpaired) electrons. The van der Waals surface area contributed by atoms with E-state index in [-0.39, 0.29) is 52.6 Å². The number of imide groups is 1. The molecule has 0 N–H and O–H groups in total. The van der Waals surface area contributed by atoms with E-state index in [0.717, 1.165) is 115 Å². The van der Waals surface area contributed by atoms with Crippen molar-refractivity contribution in [1.29, 1.82) is 0 Å². The molecule has 2 amide bonds. The Morgan fingerprint density at radius 1 is 0.889 bits per heavy atom. The Labute approximate surface area is 420 Å². The van der Waals surface area contributed by atoms with Gasteiger partial charge in [-0.15, -0.1) is 6.42 Å². The number of halogens is 2. The van der Waals surface area contributed by atoms with Crippen molar-refractivity contribution in [3.63, 3.8) is 0 Å². The summed E-state index contributed by atoms with van der Waals surface area (Å²) in [7, 11) is 0. The van der Waals surface area contributed by atoms with Crippen LogP contribution in [-0.2, 0) is 9.59 Å². The van der Waals surface area contributed by atoms with Gasteiger partial charge < -0.3 is 24.3 Å². The number of hydrogen-bond acceptors (Lipinski definition) is 12. The molecule has 2 unspecified atom stereocenters. The van der Waals surface area contributed by atoms with Gasteiger partial charge in [0.2, 0.25) is 0 Å². The number of aromatic nitrogens is 3. The Hall–Kier alpha value is -6.37. The zero-order valence-electron chi connectivity index (χ0n) is 41.7. The number of fused-ring (bicyclic) bond motifs is 3. The normalized spacial score (nSPS) is 20.0. The molecule has 376 valence electrons. The highest BCUT2D eigenvalue weighted by Gasteiger charge is 2.46. The largest absolute Gasteiger partial charge is 0.463 e. The number of carbonyl (C=O) groups is 4. The van der Waals surface area contributed by atoms with Gasteiger partial charge in [0.15, 0.2) is 11.6 Å². The minimum atomic E-state index is -0.951. The van der Waals surface area contributed by atoms with E-state index in [9.17, 15) is 23.6 Å². The topological polar surface area (TPSA) is 132 Å². The number of piperidine rings is 2. The van der Waals surface area contributed by atoms with E-state index in [1.807, 2.05) is 19.1 Å². The van der Waals surface area contributed by atoms with E-state index >= 15 is 4.39 Å². The van der Waals surface area contributed by atoms with Gasteiger partial charge in [-0.3, -0.25) is 29.1 Å². The molecule has 2 aromatic heterocycles. The zero-order chi connectivity index (χ0) is 50.3. The number of anilines is 2. The Morgan fingerprint density at radius 2 is 1.65 bits per heavy atom. The zero-order valence-corrected chi connectivity index (χ0v) is 41.7. The van der Waals surface area contributed by atoms with Crippen molar-refractivity contribution in [1.82, 2.24) is 29.7 Å². The van der Waals surface area contributed by atoms with Gasteiger partial charge in [-0.25, -0.2) is 8.78 Å². The summed E-state index contributed by atoms with van der Waals surface area (Å²) in [4.78, 5) is 76.9. The maximum Gasteiger partial charge on any atom is 0.319 e. The van der Waals surface area contributed by atoms with Crippen molar-refractivity contribution < 1.29 is 32.7 Å². The Kier molecular flexibility index (Phi) is 14.1. The first-order valence-electron chi connectivity index (χ1n) is 26.0. The number of benzene rings is 3. The van der Waals surface area contributed by atoms with Gasteiger partial charge in [0.25, 0.3) is 11.8 Å². The van der Waals surface area contributed by atoms with E-state index in [4.69, 9.17) is 21.1 Å². The lowest BCUT2D eigenvalue weighted by molar-refractivity contribution is -0.122. The van der Waals surface area contributed by atoms with Crippen LogP contribution in [0.4, 0.5) is 20.3 Å². The third-order valence-corrected chi connectivity index (χ3v) is 15.9. The minimum Gasteiger partial charge on any atom is -0.463 e. The summed E-state index contributed by atoms with van der Waals surface area (Å²) in [5, 5.41) is 1.62. The summed E-state index contributed by atoms with van der Waals surface area (Å²) in [5.74, 6) is 1.67. The predicted octanol–water partition coefficient (Wildman–Crippen LogP) is 8.74. The van der Waals surface area contributed by atoms with Crippen LogP contribution in [0.2, 0.25) is 0 Å². The van der Waals surface area contributed by atoms with Gasteiger partial charge >= 0.3 is 6.01 Å². The van der Waals surface area contributed by atoms with Crippen molar-refractivity contribution in [3.8, 4) is 29.6 Å². The number of piperazine rings is 1. The molecule has 15 heteroatoms. The number of terminal acetylenes is 1. The van der Waals surface area contributed by atoms with Crippen LogP contribution in [0.3, 0.4) is 0 Å². The lowest BCUT2D eigenvalue weighted by Crippen LogP contribution is -2.50. The van der Waals surface area contributed by atoms with E-state index in [0.29, 0.717) is 70.0 Å². The Bertz CT molecular complexity index is 2970. The van der Waals surface area contributed by atoms with Crippen LogP contribution in [0.25, 0.3) is 32.9 Å². The standard InChI is InChI=1S/C57H64F2N8O5/c1-5-9-41(69)15-18-48(37(4)68)67-54(70)43-16-14-40(30-45(43)55(67)71)65-24-19-38(20-25-65)33-63-26-28-64(29-27-63)34-57(21-22-57)35-72-56-61-52-46(53(62-56)66-23-8-10-36(3)32-66)31-60-51(50(52)59)44-12-7-11-39-13-17-47(58)42(6-2)49(39)44/h2,7,11-14,16-17,30-31,36,38,48H,5,8-10,15,18-29,32-35H2,1,3-4H3. The molecular formula is C57H64F2N8O5. The number of ether oxygens (including phenoxy) is 1. The Morgan fingerprint density at radius 3 is 2.38 bits per heavy atom. The molecule has 1 aliphatic carbocycles. The molecular weight excluding hydrogens is 915 g/mol. The van der Waals surface area contributed by atoms with Crippen molar-refractivity contribution in [2.24, 2.45) is 17.3 Å². The number of nitrogens with zero attached hydrogens (tertiary/aromatic N) is 8. The molecule has 10 rings (SSSR count). The molecule has 13 nitrogen and oxygen atoms in total. The van der Waals surface area contributed by atoms with Crippen molar-refractivity contribution in [2.75, 3.05) is 81.9 Å². The SMILES string of the molecule is C#Cc1c(F)ccc2cccc(-c3ncc4c(N5CCCC(C)C5)nc(OCC5(CN6CCN(CC7CCN(c8ccc9c(c8)C(=O)N(C(CCC(=O)CCC)C(C)=O)C9=O)CC7)CC6)CC5)nc4c3F)c12. The van der Waals surface area contributed by atoms with E-state index < -0.39 is 29.5 Å². The summed E-state index contributed by atoms with van der Waals surface area (Å²) < 4.78 is 38.5. The highest BCUT2D eigenvalue weighted by Crippen LogP contribution is 2.47. The molecule has 72 heavy (non-hydrogen) atoms. The lowest BCUT2D eigenvalue weighted by Gasteiger charge is -2.40. The lowest BCUT2D eigenvalue weighted by atomic mass is 9.95. The number of ketones is 2. The van der Waals surface area contributed by atoms with Crippen LogP contribution in [0.1, 0.15) is 111 Å². The number of amides is 2. The van der Waals surface area contributed by atoms with Crippen LogP contribution < -0.4 is 14.5 Å². The van der Waals surface area contributed by atoms with Crippen molar-refractivity contribution in [2.45, 2.75) is 91.0 Å². The second-order valence-electron chi connectivity index (χ2n) is 21.1. The quantitative estimate of drug-likeness (QED) is 0.0652. The van der Waals surface area contributed by atoms with Gasteiger partial charge in [0, 0.05) is 107 Å². The van der Waals surface area contributed by atoms with Gasteiger partial charge in [-0.2, -0.15) is 9.97 Å². The van der Waals surface area contributed by atoms with Crippen molar-refractivity contribution in [3.05, 3.63) is 83.1 Å². The van der Waals surface area contributed by atoms with Gasteiger partial charge in [-0.05, 0) is 99.8 Å². The van der Waals surface area contributed by atoms with E-state index in [1.54, 1.807) is 36.5 Å². The van der Waals surface area contributed by atoms with Gasteiger partial charge in [0.05, 0.1) is 34.7 Å². The van der Waals surface area contributed by atoms with E-state index in [2.05, 4.69) is 37.4 Å². The number of rotatable bonds is 17. The number of hydrogen-bond donors (Lipinski definition) is 0. The summed E-state index contributed by atoms with van der Waals surface area (Å²) in [6.07, 6.45) is 15.0. The molecule has 3 aromatic carbocycles. The summed E-state index contributed by atoms with van der Waals surface area (Å²) in [5.41, 5.74) is 2.10. The maximum absolute atomic E-state index is 17.0. The first-order chi connectivity index (χ1) is 34.8. The van der Waals surface area contributed by atoms with Crippen LogP contribution in [0.5, 0.6) is 6.01 Å². The molecule has 1 saturated carbocycles. The average molecular weight is 979 g/mol. The average Bonchev–Trinajstić information content (AvgIpc) is 4.11. The van der Waals surface area contributed by atoms with Crippen LogP contribution in [0, 0.1) is 41.2 Å². The third kappa shape index (κ3) is 9.92. The number of carbonyl (C=O) groups excluding carboxylic acids is 4. The molecule has 4 aliphatic heterocycles. The number of pyridine rings is 1. The monoisotopic (exact) mass is 978 g/mol. The third-order valence-electron chi connectivity index (χ3n) is 15.9. The van der Waals surface area contributed by atoms with Crippen LogP contribution in [0.15, 0.2) is 54.7 Å². The molecule has 0 bridgehead atoms.